The number of hydrogen-bond acceptors (Lipinski definition) is 4. The van der Waals surface area contributed by atoms with Gasteiger partial charge in [0, 0.05) is 47.4 Å². The van der Waals surface area contributed by atoms with E-state index in [0.717, 1.165) is 18.6 Å². The van der Waals surface area contributed by atoms with Crippen molar-refractivity contribution >= 4 is 28.1 Å². The lowest BCUT2D eigenvalue weighted by Crippen LogP contribution is -2.01. The summed E-state index contributed by atoms with van der Waals surface area (Å²) in [7, 11) is 0. The van der Waals surface area contributed by atoms with E-state index >= 15 is 0 Å². The first kappa shape index (κ1) is 16.3. The number of furan rings is 1. The van der Waals surface area contributed by atoms with Crippen molar-refractivity contribution in [3.8, 4) is 11.3 Å². The second-order valence-electron chi connectivity index (χ2n) is 6.30. The maximum Gasteiger partial charge on any atom is 0.165 e. The molecule has 26 heavy (non-hydrogen) atoms. The van der Waals surface area contributed by atoms with Crippen molar-refractivity contribution in [3.05, 3.63) is 59.7 Å². The lowest BCUT2D eigenvalue weighted by atomic mass is 9.99. The molecule has 2 heterocycles. The minimum absolute atomic E-state index is 0.0243. The number of benzene rings is 2. The van der Waals surface area contributed by atoms with Gasteiger partial charge in [-0.15, -0.1) is 0 Å². The summed E-state index contributed by atoms with van der Waals surface area (Å²) < 4.78 is 33.4. The molecule has 132 valence electrons. The standard InChI is InChI=1S/C20H16F2N2O2/c1-10(23)19-14-8-13-16(24-6-2-3-17(13)25)9-18(14)26-20(19)12-5-4-11(21)7-15(12)22/h4-5,7-9,24H,1-3,6,23H2. The van der Waals surface area contributed by atoms with Gasteiger partial charge in [0.25, 0.3) is 0 Å². The van der Waals surface area contributed by atoms with Crippen LogP contribution in [0.5, 0.6) is 0 Å². The molecular formula is C20H16F2N2O2. The van der Waals surface area contributed by atoms with E-state index in [1.54, 1.807) is 12.1 Å². The van der Waals surface area contributed by atoms with Gasteiger partial charge in [-0.2, -0.15) is 0 Å². The number of rotatable bonds is 2. The first-order chi connectivity index (χ1) is 12.5. The molecule has 0 amide bonds. The molecule has 0 saturated heterocycles. The molecule has 1 aromatic heterocycles. The summed E-state index contributed by atoms with van der Waals surface area (Å²) in [6, 6.07) is 6.64. The van der Waals surface area contributed by atoms with E-state index in [4.69, 9.17) is 10.2 Å². The Kier molecular flexibility index (Phi) is 3.76. The number of anilines is 1. The molecule has 0 aliphatic carbocycles. The van der Waals surface area contributed by atoms with Crippen LogP contribution in [-0.2, 0) is 0 Å². The largest absolute Gasteiger partial charge is 0.455 e. The van der Waals surface area contributed by atoms with E-state index in [-0.39, 0.29) is 22.8 Å². The minimum Gasteiger partial charge on any atom is -0.455 e. The second kappa shape index (κ2) is 5.98. The van der Waals surface area contributed by atoms with Gasteiger partial charge in [-0.1, -0.05) is 6.58 Å². The van der Waals surface area contributed by atoms with Crippen LogP contribution >= 0.6 is 0 Å². The van der Waals surface area contributed by atoms with Crippen molar-refractivity contribution in [2.45, 2.75) is 12.8 Å². The smallest absolute Gasteiger partial charge is 0.165 e. The summed E-state index contributed by atoms with van der Waals surface area (Å²) in [4.78, 5) is 12.4. The molecule has 0 unspecified atom stereocenters. The Morgan fingerprint density at radius 3 is 2.73 bits per heavy atom. The second-order valence-corrected chi connectivity index (χ2v) is 6.30. The third-order valence-corrected chi connectivity index (χ3v) is 4.52. The highest BCUT2D eigenvalue weighted by atomic mass is 19.1. The number of hydrogen-bond donors (Lipinski definition) is 2. The molecule has 0 bridgehead atoms. The minimum atomic E-state index is -0.762. The van der Waals surface area contributed by atoms with Crippen molar-refractivity contribution in [3.63, 3.8) is 0 Å². The number of carbonyl (C=O) groups is 1. The van der Waals surface area contributed by atoms with Crippen molar-refractivity contribution in [2.24, 2.45) is 5.73 Å². The maximum absolute atomic E-state index is 14.3. The zero-order valence-electron chi connectivity index (χ0n) is 13.9. The highest BCUT2D eigenvalue weighted by molar-refractivity contribution is 6.08. The molecule has 1 aliphatic rings. The zero-order chi connectivity index (χ0) is 18.4. The van der Waals surface area contributed by atoms with Crippen LogP contribution < -0.4 is 11.1 Å². The number of Topliss-reactive ketones (excluding diaryl/α,β-unsaturated/α-hetero) is 1. The van der Waals surface area contributed by atoms with Gasteiger partial charge in [0.1, 0.15) is 23.0 Å². The van der Waals surface area contributed by atoms with Gasteiger partial charge in [-0.25, -0.2) is 8.78 Å². The molecule has 3 N–H and O–H groups in total. The molecule has 0 atom stereocenters. The van der Waals surface area contributed by atoms with Gasteiger partial charge in [-0.05, 0) is 24.6 Å². The molecule has 3 aromatic rings. The van der Waals surface area contributed by atoms with Crippen LogP contribution in [0, 0.1) is 11.6 Å². The molecule has 2 aromatic carbocycles. The number of fused-ring (bicyclic) bond motifs is 2. The van der Waals surface area contributed by atoms with Crippen LogP contribution in [0.25, 0.3) is 28.0 Å². The van der Waals surface area contributed by atoms with Crippen LogP contribution in [0.1, 0.15) is 28.8 Å². The number of nitrogens with one attached hydrogen (secondary N) is 1. The van der Waals surface area contributed by atoms with Crippen LogP contribution in [0.2, 0.25) is 0 Å². The fraction of sp³-hybridized carbons (Fsp3) is 0.150. The number of nitrogens with two attached hydrogens (primary N) is 1. The summed E-state index contributed by atoms with van der Waals surface area (Å²) in [5.41, 5.74) is 8.27. The molecular weight excluding hydrogens is 338 g/mol. The fourth-order valence-electron chi connectivity index (χ4n) is 3.31. The summed E-state index contributed by atoms with van der Waals surface area (Å²) >= 11 is 0. The topological polar surface area (TPSA) is 68.3 Å². The lowest BCUT2D eigenvalue weighted by Gasteiger charge is -2.07. The van der Waals surface area contributed by atoms with Crippen LogP contribution in [0.15, 0.2) is 41.3 Å². The van der Waals surface area contributed by atoms with E-state index in [1.807, 2.05) is 0 Å². The molecule has 4 rings (SSSR count). The summed E-state index contributed by atoms with van der Waals surface area (Å²) in [5, 5.41) is 3.78. The molecule has 1 aliphatic heterocycles. The zero-order valence-corrected chi connectivity index (χ0v) is 13.9. The molecule has 0 saturated carbocycles. The monoisotopic (exact) mass is 354 g/mol. The summed E-state index contributed by atoms with van der Waals surface area (Å²) in [6.07, 6.45) is 1.19. The van der Waals surface area contributed by atoms with Crippen LogP contribution in [-0.4, -0.2) is 12.3 Å². The van der Waals surface area contributed by atoms with E-state index in [1.165, 1.54) is 6.07 Å². The van der Waals surface area contributed by atoms with Gasteiger partial charge in [0.05, 0.1) is 11.1 Å². The Hall–Kier alpha value is -3.15. The van der Waals surface area contributed by atoms with Gasteiger partial charge in [-0.3, -0.25) is 4.79 Å². The lowest BCUT2D eigenvalue weighted by molar-refractivity contribution is 0.0984. The van der Waals surface area contributed by atoms with Crippen LogP contribution in [0.4, 0.5) is 14.5 Å². The number of halogens is 2. The quantitative estimate of drug-likeness (QED) is 0.700. The van der Waals surface area contributed by atoms with Gasteiger partial charge < -0.3 is 15.5 Å². The van der Waals surface area contributed by atoms with Crippen molar-refractivity contribution < 1.29 is 18.0 Å². The summed E-state index contributed by atoms with van der Waals surface area (Å²) in [6.45, 7) is 4.43. The number of carbonyl (C=O) groups excluding carboxylic acids is 1. The Morgan fingerprint density at radius 2 is 2.00 bits per heavy atom. The maximum atomic E-state index is 14.3. The van der Waals surface area contributed by atoms with E-state index in [0.29, 0.717) is 40.7 Å². The first-order valence-corrected chi connectivity index (χ1v) is 8.23. The Morgan fingerprint density at radius 1 is 1.19 bits per heavy atom. The molecule has 0 spiro atoms. The predicted octanol–water partition coefficient (Wildman–Crippen LogP) is 4.70. The average molecular weight is 354 g/mol. The van der Waals surface area contributed by atoms with Crippen molar-refractivity contribution in [1.82, 2.24) is 0 Å². The van der Waals surface area contributed by atoms with E-state index in [2.05, 4.69) is 11.9 Å². The Balaban J connectivity index is 2.02. The fourth-order valence-corrected chi connectivity index (χ4v) is 3.31. The average Bonchev–Trinajstić information content (AvgIpc) is 2.85. The van der Waals surface area contributed by atoms with E-state index < -0.39 is 11.6 Å². The molecule has 6 heteroatoms. The van der Waals surface area contributed by atoms with E-state index in [9.17, 15) is 13.6 Å². The first-order valence-electron chi connectivity index (χ1n) is 8.23. The summed E-state index contributed by atoms with van der Waals surface area (Å²) in [5.74, 6) is -1.26. The third-order valence-electron chi connectivity index (χ3n) is 4.52. The van der Waals surface area contributed by atoms with Gasteiger partial charge >= 0.3 is 0 Å². The Labute approximate surface area is 148 Å². The molecule has 4 nitrogen and oxygen atoms in total. The molecule has 0 fully saturated rings. The van der Waals surface area contributed by atoms with Crippen molar-refractivity contribution in [2.75, 3.05) is 11.9 Å². The third kappa shape index (κ3) is 2.54. The normalized spacial score (nSPS) is 14.0. The van der Waals surface area contributed by atoms with Gasteiger partial charge in [0.15, 0.2) is 5.78 Å². The Bertz CT molecular complexity index is 1070. The predicted molar refractivity (Wildman–Crippen MR) is 96.8 cm³/mol. The van der Waals surface area contributed by atoms with Crippen molar-refractivity contribution in [1.29, 1.82) is 0 Å². The highest BCUT2D eigenvalue weighted by Gasteiger charge is 2.24. The SMILES string of the molecule is C=C(N)c1c(-c2ccc(F)cc2F)oc2cc3c(cc12)C(=O)CCCN3. The molecule has 0 radical (unpaired) electrons. The highest BCUT2D eigenvalue weighted by Crippen LogP contribution is 2.40. The van der Waals surface area contributed by atoms with Gasteiger partial charge in [0.2, 0.25) is 0 Å². The number of ketones is 1. The van der Waals surface area contributed by atoms with Crippen LogP contribution in [0.3, 0.4) is 0 Å².